The molecule has 1 aliphatic heterocycles. The molecule has 1 aromatic rings. The lowest BCUT2D eigenvalue weighted by atomic mass is 10.2. The molecule has 25 heavy (non-hydrogen) atoms. The smallest absolute Gasteiger partial charge is 0.258 e. The number of amides is 1. The van der Waals surface area contributed by atoms with Crippen molar-refractivity contribution >= 4 is 15.9 Å². The lowest BCUT2D eigenvalue weighted by Gasteiger charge is -2.26. The molecular weight excluding hydrogens is 340 g/mol. The number of nitrogens with zero attached hydrogens (tertiary/aromatic N) is 1. The van der Waals surface area contributed by atoms with Crippen LogP contribution in [0.15, 0.2) is 23.1 Å². The fourth-order valence-corrected chi connectivity index (χ4v) is 4.36. The van der Waals surface area contributed by atoms with Crippen molar-refractivity contribution in [3.63, 3.8) is 0 Å². The van der Waals surface area contributed by atoms with Crippen molar-refractivity contribution in [3.8, 4) is 5.75 Å². The maximum atomic E-state index is 12.7. The summed E-state index contributed by atoms with van der Waals surface area (Å²) in [6.07, 6.45) is 3.75. The van der Waals surface area contributed by atoms with Gasteiger partial charge in [0.1, 0.15) is 5.75 Å². The number of carbonyl (C=O) groups excluding carboxylic acids is 1. The van der Waals surface area contributed by atoms with Crippen LogP contribution in [0.25, 0.3) is 0 Å². The van der Waals surface area contributed by atoms with Crippen LogP contribution in [-0.4, -0.2) is 44.4 Å². The van der Waals surface area contributed by atoms with Crippen LogP contribution in [0, 0.1) is 6.92 Å². The zero-order chi connectivity index (χ0) is 18.4. The molecule has 140 valence electrons. The van der Waals surface area contributed by atoms with E-state index in [0.717, 1.165) is 25.7 Å². The fraction of sp³-hybridized carbons (Fsp3) is 0.611. The molecule has 1 amide bonds. The Kier molecular flexibility index (Phi) is 6.84. The number of carbonyl (C=O) groups is 1. The summed E-state index contributed by atoms with van der Waals surface area (Å²) in [6, 6.07) is 4.90. The molecule has 0 saturated carbocycles. The van der Waals surface area contributed by atoms with Crippen LogP contribution in [0.3, 0.4) is 0 Å². The van der Waals surface area contributed by atoms with Crippen molar-refractivity contribution in [2.75, 3.05) is 19.7 Å². The highest BCUT2D eigenvalue weighted by Gasteiger charge is 2.26. The minimum Gasteiger partial charge on any atom is -0.484 e. The maximum Gasteiger partial charge on any atom is 0.258 e. The first-order valence-electron chi connectivity index (χ1n) is 8.87. The van der Waals surface area contributed by atoms with Gasteiger partial charge < -0.3 is 10.1 Å². The molecule has 7 heteroatoms. The molecule has 0 aliphatic carbocycles. The zero-order valence-electron chi connectivity index (χ0n) is 15.2. The van der Waals surface area contributed by atoms with Crippen LogP contribution in [0.2, 0.25) is 0 Å². The molecule has 1 N–H and O–H groups in total. The van der Waals surface area contributed by atoms with Crippen molar-refractivity contribution in [3.05, 3.63) is 23.8 Å². The standard InChI is InChI=1S/C18H28N2O4S/c1-4-15(3)19-18(21)13-24-17-9-8-16(12-14(17)2)25(22,23)20-10-6-5-7-11-20/h8-9,12,15H,4-7,10-11,13H2,1-3H3,(H,19,21)/t15-/m1/s1. The normalized spacial score (nSPS) is 17.1. The Morgan fingerprint density at radius 2 is 1.96 bits per heavy atom. The summed E-state index contributed by atoms with van der Waals surface area (Å²) in [5, 5.41) is 2.83. The predicted octanol–water partition coefficient (Wildman–Crippen LogP) is 2.46. The molecule has 1 aromatic carbocycles. The van der Waals surface area contributed by atoms with Gasteiger partial charge in [-0.3, -0.25) is 4.79 Å². The van der Waals surface area contributed by atoms with E-state index in [2.05, 4.69) is 5.32 Å². The summed E-state index contributed by atoms with van der Waals surface area (Å²) in [6.45, 7) is 6.80. The van der Waals surface area contributed by atoms with E-state index in [1.807, 2.05) is 13.8 Å². The lowest BCUT2D eigenvalue weighted by molar-refractivity contribution is -0.123. The second-order valence-electron chi connectivity index (χ2n) is 6.56. The molecule has 6 nitrogen and oxygen atoms in total. The van der Waals surface area contributed by atoms with E-state index in [1.54, 1.807) is 29.4 Å². The fourth-order valence-electron chi connectivity index (χ4n) is 2.76. The number of aryl methyl sites for hydroxylation is 1. The van der Waals surface area contributed by atoms with Crippen molar-refractivity contribution in [2.45, 2.75) is 57.4 Å². The largest absolute Gasteiger partial charge is 0.484 e. The van der Waals surface area contributed by atoms with E-state index in [4.69, 9.17) is 4.74 Å². The van der Waals surface area contributed by atoms with Gasteiger partial charge in [0.25, 0.3) is 5.91 Å². The average molecular weight is 368 g/mol. The number of hydrogen-bond donors (Lipinski definition) is 1. The van der Waals surface area contributed by atoms with Gasteiger partial charge in [0, 0.05) is 19.1 Å². The monoisotopic (exact) mass is 368 g/mol. The first-order chi connectivity index (χ1) is 11.8. The Bertz CT molecular complexity index is 697. The van der Waals surface area contributed by atoms with Crippen LogP contribution in [-0.2, 0) is 14.8 Å². The summed E-state index contributed by atoms with van der Waals surface area (Å²) >= 11 is 0. The first-order valence-corrected chi connectivity index (χ1v) is 10.3. The van der Waals surface area contributed by atoms with Gasteiger partial charge in [0.2, 0.25) is 10.0 Å². The van der Waals surface area contributed by atoms with Gasteiger partial charge >= 0.3 is 0 Å². The highest BCUT2D eigenvalue weighted by molar-refractivity contribution is 7.89. The lowest BCUT2D eigenvalue weighted by Crippen LogP contribution is -2.36. The van der Waals surface area contributed by atoms with Crippen LogP contribution < -0.4 is 10.1 Å². The molecule has 1 saturated heterocycles. The van der Waals surface area contributed by atoms with Crippen LogP contribution in [0.5, 0.6) is 5.75 Å². The van der Waals surface area contributed by atoms with Gasteiger partial charge in [-0.2, -0.15) is 4.31 Å². The number of benzene rings is 1. The molecule has 0 aromatic heterocycles. The maximum absolute atomic E-state index is 12.7. The Labute approximate surface area is 150 Å². The zero-order valence-corrected chi connectivity index (χ0v) is 16.1. The number of piperidine rings is 1. The number of hydrogen-bond acceptors (Lipinski definition) is 4. The molecule has 0 radical (unpaired) electrons. The predicted molar refractivity (Wildman–Crippen MR) is 97.2 cm³/mol. The highest BCUT2D eigenvalue weighted by atomic mass is 32.2. The second-order valence-corrected chi connectivity index (χ2v) is 8.50. The van der Waals surface area contributed by atoms with Crippen molar-refractivity contribution in [1.29, 1.82) is 0 Å². The van der Waals surface area contributed by atoms with Crippen molar-refractivity contribution < 1.29 is 17.9 Å². The Morgan fingerprint density at radius 1 is 1.28 bits per heavy atom. The van der Waals surface area contributed by atoms with Gasteiger partial charge in [0.05, 0.1) is 4.90 Å². The third kappa shape index (κ3) is 5.19. The molecule has 0 spiro atoms. The van der Waals surface area contributed by atoms with E-state index in [-0.39, 0.29) is 23.5 Å². The SMILES string of the molecule is CC[C@@H](C)NC(=O)COc1ccc(S(=O)(=O)N2CCCCC2)cc1C. The number of rotatable bonds is 7. The molecule has 1 aliphatic rings. The van der Waals surface area contributed by atoms with Gasteiger partial charge in [-0.1, -0.05) is 13.3 Å². The van der Waals surface area contributed by atoms with E-state index in [0.29, 0.717) is 24.4 Å². The summed E-state index contributed by atoms with van der Waals surface area (Å²) in [5.74, 6) is 0.343. The molecular formula is C18H28N2O4S. The van der Waals surface area contributed by atoms with Gasteiger partial charge in [-0.05, 0) is 56.9 Å². The Hall–Kier alpha value is -1.60. The van der Waals surface area contributed by atoms with E-state index >= 15 is 0 Å². The van der Waals surface area contributed by atoms with Crippen LogP contribution in [0.4, 0.5) is 0 Å². The summed E-state index contributed by atoms with van der Waals surface area (Å²) in [4.78, 5) is 12.1. The van der Waals surface area contributed by atoms with Gasteiger partial charge in [0.15, 0.2) is 6.61 Å². The third-order valence-corrected chi connectivity index (χ3v) is 6.37. The third-order valence-electron chi connectivity index (χ3n) is 4.48. The average Bonchev–Trinajstić information content (AvgIpc) is 2.61. The molecule has 1 heterocycles. The Balaban J connectivity index is 2.03. The van der Waals surface area contributed by atoms with Crippen LogP contribution in [0.1, 0.15) is 45.1 Å². The summed E-state index contributed by atoms with van der Waals surface area (Å²) in [7, 11) is -3.45. The molecule has 1 fully saturated rings. The Morgan fingerprint density at radius 3 is 2.56 bits per heavy atom. The number of sulfonamides is 1. The topological polar surface area (TPSA) is 75.7 Å². The summed E-state index contributed by atoms with van der Waals surface area (Å²) < 4.78 is 32.5. The van der Waals surface area contributed by atoms with Crippen molar-refractivity contribution in [2.24, 2.45) is 0 Å². The van der Waals surface area contributed by atoms with E-state index in [9.17, 15) is 13.2 Å². The van der Waals surface area contributed by atoms with E-state index in [1.165, 1.54) is 0 Å². The number of nitrogens with one attached hydrogen (secondary N) is 1. The molecule has 2 rings (SSSR count). The molecule has 1 atom stereocenters. The van der Waals surface area contributed by atoms with E-state index < -0.39 is 10.0 Å². The first kappa shape index (κ1) is 19.7. The summed E-state index contributed by atoms with van der Waals surface area (Å²) in [5.41, 5.74) is 0.703. The highest BCUT2D eigenvalue weighted by Crippen LogP contribution is 2.25. The minimum absolute atomic E-state index is 0.0800. The second kappa shape index (κ2) is 8.67. The number of ether oxygens (including phenoxy) is 1. The van der Waals surface area contributed by atoms with Crippen LogP contribution >= 0.6 is 0 Å². The molecule has 0 bridgehead atoms. The van der Waals surface area contributed by atoms with Crippen molar-refractivity contribution in [1.82, 2.24) is 9.62 Å². The van der Waals surface area contributed by atoms with Gasteiger partial charge in [-0.25, -0.2) is 8.42 Å². The molecule has 0 unspecified atom stereocenters. The minimum atomic E-state index is -3.45. The van der Waals surface area contributed by atoms with Gasteiger partial charge in [-0.15, -0.1) is 0 Å². The quantitative estimate of drug-likeness (QED) is 0.802.